The number of halogens is 1. The lowest BCUT2D eigenvalue weighted by Crippen LogP contribution is -2.34. The van der Waals surface area contributed by atoms with Gasteiger partial charge >= 0.3 is 6.09 Å². The first kappa shape index (κ1) is 14.8. The first-order chi connectivity index (χ1) is 8.24. The van der Waals surface area contributed by atoms with Crippen LogP contribution in [0.3, 0.4) is 0 Å². The van der Waals surface area contributed by atoms with Crippen LogP contribution in [0.5, 0.6) is 5.88 Å². The largest absolute Gasteiger partial charge is 0.481 e. The first-order valence-electron chi connectivity index (χ1n) is 5.41. The molecule has 0 fully saturated rings. The lowest BCUT2D eigenvalue weighted by Gasteiger charge is -2.25. The second-order valence-electron chi connectivity index (χ2n) is 4.72. The van der Waals surface area contributed by atoms with Gasteiger partial charge in [0.1, 0.15) is 5.60 Å². The summed E-state index contributed by atoms with van der Waals surface area (Å²) >= 11 is 3.37. The molecular formula is C12H17BrN2O3. The van der Waals surface area contributed by atoms with Crippen molar-refractivity contribution in [2.75, 3.05) is 19.1 Å². The van der Waals surface area contributed by atoms with Crippen LogP contribution in [0, 0.1) is 0 Å². The van der Waals surface area contributed by atoms with Gasteiger partial charge in [0, 0.05) is 17.6 Å². The van der Waals surface area contributed by atoms with Crippen LogP contribution in [-0.2, 0) is 4.74 Å². The van der Waals surface area contributed by atoms with Gasteiger partial charge in [0.2, 0.25) is 5.88 Å². The topological polar surface area (TPSA) is 51.7 Å². The molecular weight excluding hydrogens is 300 g/mol. The van der Waals surface area contributed by atoms with Crippen molar-refractivity contribution in [3.8, 4) is 5.88 Å². The Morgan fingerprint density at radius 1 is 1.44 bits per heavy atom. The van der Waals surface area contributed by atoms with E-state index in [-0.39, 0.29) is 0 Å². The quantitative estimate of drug-likeness (QED) is 0.840. The minimum absolute atomic E-state index is 0.435. The summed E-state index contributed by atoms with van der Waals surface area (Å²) in [6.07, 6.45) is 1.11. The Morgan fingerprint density at radius 2 is 2.06 bits per heavy atom. The van der Waals surface area contributed by atoms with Crippen molar-refractivity contribution >= 4 is 27.7 Å². The van der Waals surface area contributed by atoms with E-state index < -0.39 is 11.7 Å². The maximum Gasteiger partial charge on any atom is 0.414 e. The van der Waals surface area contributed by atoms with Crippen LogP contribution in [0.1, 0.15) is 20.8 Å². The molecule has 1 aromatic heterocycles. The Labute approximate surface area is 115 Å². The molecule has 1 aromatic rings. The van der Waals surface area contributed by atoms with E-state index in [4.69, 9.17) is 9.47 Å². The van der Waals surface area contributed by atoms with Crippen molar-refractivity contribution in [2.24, 2.45) is 0 Å². The number of aromatic nitrogens is 1. The number of pyridine rings is 1. The Balaban J connectivity index is 2.90. The van der Waals surface area contributed by atoms with E-state index in [0.717, 1.165) is 0 Å². The van der Waals surface area contributed by atoms with Crippen molar-refractivity contribution in [2.45, 2.75) is 26.4 Å². The molecule has 6 heteroatoms. The predicted molar refractivity (Wildman–Crippen MR) is 73.1 cm³/mol. The zero-order chi connectivity index (χ0) is 13.9. The number of ether oxygens (including phenoxy) is 2. The van der Waals surface area contributed by atoms with Crippen molar-refractivity contribution in [1.82, 2.24) is 4.98 Å². The summed E-state index contributed by atoms with van der Waals surface area (Å²) < 4.78 is 11.0. The molecule has 0 bridgehead atoms. The fraction of sp³-hybridized carbons (Fsp3) is 0.500. The number of amides is 1. The molecule has 0 saturated heterocycles. The SMILES string of the molecule is COc1cc(Br)c(N(C)C(=O)OC(C)(C)C)cn1. The van der Waals surface area contributed by atoms with Gasteiger partial charge in [-0.05, 0) is 36.7 Å². The van der Waals surface area contributed by atoms with Gasteiger partial charge in [0.15, 0.2) is 0 Å². The molecule has 1 rings (SSSR count). The number of carbonyl (C=O) groups excluding carboxylic acids is 1. The molecule has 0 aliphatic carbocycles. The normalized spacial score (nSPS) is 11.0. The van der Waals surface area contributed by atoms with Crippen molar-refractivity contribution in [1.29, 1.82) is 0 Å². The van der Waals surface area contributed by atoms with Gasteiger partial charge in [0.25, 0.3) is 0 Å². The minimum atomic E-state index is -0.530. The van der Waals surface area contributed by atoms with E-state index in [1.54, 1.807) is 19.3 Å². The summed E-state index contributed by atoms with van der Waals surface area (Å²) in [4.78, 5) is 17.3. The fourth-order valence-electron chi connectivity index (χ4n) is 1.19. The number of hydrogen-bond acceptors (Lipinski definition) is 4. The highest BCUT2D eigenvalue weighted by Gasteiger charge is 2.22. The number of carbonyl (C=O) groups is 1. The Bertz CT molecular complexity index is 443. The molecule has 0 saturated carbocycles. The fourth-order valence-corrected chi connectivity index (χ4v) is 1.76. The molecule has 0 unspecified atom stereocenters. The van der Waals surface area contributed by atoms with Gasteiger partial charge in [-0.2, -0.15) is 0 Å². The third-order valence-electron chi connectivity index (χ3n) is 2.05. The molecule has 0 radical (unpaired) electrons. The standard InChI is InChI=1S/C12H17BrN2O3/c1-12(2,3)18-11(16)15(4)9-7-14-10(17-5)6-8(9)13/h6-7H,1-5H3. The highest BCUT2D eigenvalue weighted by atomic mass is 79.9. The third-order valence-corrected chi connectivity index (χ3v) is 2.68. The average molecular weight is 317 g/mol. The summed E-state index contributed by atoms with van der Waals surface area (Å²) in [6, 6.07) is 1.69. The average Bonchev–Trinajstić information content (AvgIpc) is 2.25. The van der Waals surface area contributed by atoms with Gasteiger partial charge in [0.05, 0.1) is 19.0 Å². The summed E-state index contributed by atoms with van der Waals surface area (Å²) in [5.41, 5.74) is 0.0857. The van der Waals surface area contributed by atoms with E-state index in [0.29, 0.717) is 16.0 Å². The summed E-state index contributed by atoms with van der Waals surface area (Å²) in [7, 11) is 3.16. The molecule has 0 N–H and O–H groups in total. The molecule has 0 atom stereocenters. The molecule has 0 aliphatic heterocycles. The number of anilines is 1. The zero-order valence-electron chi connectivity index (χ0n) is 11.2. The maximum atomic E-state index is 11.9. The molecule has 1 amide bonds. The van der Waals surface area contributed by atoms with Crippen LogP contribution in [0.15, 0.2) is 16.7 Å². The van der Waals surface area contributed by atoms with Crippen LogP contribution in [-0.4, -0.2) is 30.8 Å². The zero-order valence-corrected chi connectivity index (χ0v) is 12.7. The number of rotatable bonds is 2. The highest BCUT2D eigenvalue weighted by Crippen LogP contribution is 2.28. The van der Waals surface area contributed by atoms with Crippen molar-refractivity contribution in [3.05, 3.63) is 16.7 Å². The van der Waals surface area contributed by atoms with E-state index in [1.807, 2.05) is 20.8 Å². The van der Waals surface area contributed by atoms with E-state index in [9.17, 15) is 4.79 Å². The number of hydrogen-bond donors (Lipinski definition) is 0. The summed E-state index contributed by atoms with van der Waals surface area (Å²) in [6.45, 7) is 5.46. The second-order valence-corrected chi connectivity index (χ2v) is 5.57. The van der Waals surface area contributed by atoms with Gasteiger partial charge in [-0.15, -0.1) is 0 Å². The van der Waals surface area contributed by atoms with E-state index >= 15 is 0 Å². The van der Waals surface area contributed by atoms with Crippen LogP contribution < -0.4 is 9.64 Å². The molecule has 1 heterocycles. The second kappa shape index (κ2) is 5.56. The summed E-state index contributed by atoms with van der Waals surface area (Å²) in [5.74, 6) is 0.475. The highest BCUT2D eigenvalue weighted by molar-refractivity contribution is 9.10. The minimum Gasteiger partial charge on any atom is -0.481 e. The molecule has 100 valence electrons. The smallest absolute Gasteiger partial charge is 0.414 e. The maximum absolute atomic E-state index is 11.9. The van der Waals surface area contributed by atoms with Crippen LogP contribution >= 0.6 is 15.9 Å². The Hall–Kier alpha value is -1.30. The molecule has 0 aliphatic rings. The lowest BCUT2D eigenvalue weighted by atomic mass is 10.2. The van der Waals surface area contributed by atoms with Crippen molar-refractivity contribution < 1.29 is 14.3 Å². The molecule has 0 aromatic carbocycles. The predicted octanol–water partition coefficient (Wildman–Crippen LogP) is 3.22. The Kier molecular flexibility index (Phi) is 4.56. The number of nitrogens with zero attached hydrogens (tertiary/aromatic N) is 2. The first-order valence-corrected chi connectivity index (χ1v) is 6.20. The molecule has 5 nitrogen and oxygen atoms in total. The monoisotopic (exact) mass is 316 g/mol. The molecule has 0 spiro atoms. The van der Waals surface area contributed by atoms with Gasteiger partial charge in [-0.1, -0.05) is 0 Å². The third kappa shape index (κ3) is 3.87. The van der Waals surface area contributed by atoms with Crippen LogP contribution in [0.4, 0.5) is 10.5 Å². The van der Waals surface area contributed by atoms with Gasteiger partial charge < -0.3 is 9.47 Å². The lowest BCUT2D eigenvalue weighted by molar-refractivity contribution is 0.0589. The van der Waals surface area contributed by atoms with Crippen LogP contribution in [0.2, 0.25) is 0 Å². The van der Waals surface area contributed by atoms with E-state index in [2.05, 4.69) is 20.9 Å². The van der Waals surface area contributed by atoms with Gasteiger partial charge in [-0.25, -0.2) is 9.78 Å². The Morgan fingerprint density at radius 3 is 2.50 bits per heavy atom. The van der Waals surface area contributed by atoms with E-state index in [1.165, 1.54) is 12.0 Å². The number of methoxy groups -OCH3 is 1. The summed E-state index contributed by atoms with van der Waals surface area (Å²) in [5, 5.41) is 0. The van der Waals surface area contributed by atoms with Crippen LogP contribution in [0.25, 0.3) is 0 Å². The van der Waals surface area contributed by atoms with Crippen molar-refractivity contribution in [3.63, 3.8) is 0 Å². The molecule has 18 heavy (non-hydrogen) atoms. The van der Waals surface area contributed by atoms with Gasteiger partial charge in [-0.3, -0.25) is 4.90 Å².